The SMILES string of the molecule is COc1ccc(NC(=O)N2CCN(C(=O)[C@H](Cc3cccc4ccccc34)NC(C)=O)CC2)cc1. The third-order valence-corrected chi connectivity index (χ3v) is 6.20. The van der Waals surface area contributed by atoms with Gasteiger partial charge in [-0.05, 0) is 40.6 Å². The van der Waals surface area contributed by atoms with Crippen molar-refractivity contribution in [2.45, 2.75) is 19.4 Å². The van der Waals surface area contributed by atoms with Gasteiger partial charge in [0.2, 0.25) is 11.8 Å². The van der Waals surface area contributed by atoms with Gasteiger partial charge in [0.25, 0.3) is 0 Å². The molecule has 4 rings (SSSR count). The number of methoxy groups -OCH3 is 1. The van der Waals surface area contributed by atoms with Crippen molar-refractivity contribution >= 4 is 34.3 Å². The summed E-state index contributed by atoms with van der Waals surface area (Å²) < 4.78 is 5.14. The molecule has 1 heterocycles. The van der Waals surface area contributed by atoms with Gasteiger partial charge in [-0.3, -0.25) is 9.59 Å². The van der Waals surface area contributed by atoms with E-state index in [9.17, 15) is 14.4 Å². The number of nitrogens with one attached hydrogen (secondary N) is 2. The summed E-state index contributed by atoms with van der Waals surface area (Å²) in [5, 5.41) is 7.87. The molecular formula is C27H30N4O4. The maximum absolute atomic E-state index is 13.4. The van der Waals surface area contributed by atoms with Crippen LogP contribution >= 0.6 is 0 Å². The zero-order valence-corrected chi connectivity index (χ0v) is 20.0. The van der Waals surface area contributed by atoms with Gasteiger partial charge in [0.15, 0.2) is 0 Å². The van der Waals surface area contributed by atoms with E-state index in [0.717, 1.165) is 16.3 Å². The number of benzene rings is 3. The first-order valence-electron chi connectivity index (χ1n) is 11.7. The predicted molar refractivity (Wildman–Crippen MR) is 135 cm³/mol. The molecule has 8 heteroatoms. The minimum absolute atomic E-state index is 0.136. The zero-order valence-electron chi connectivity index (χ0n) is 20.0. The fourth-order valence-corrected chi connectivity index (χ4v) is 4.36. The van der Waals surface area contributed by atoms with Crippen molar-refractivity contribution in [1.29, 1.82) is 0 Å². The summed E-state index contributed by atoms with van der Waals surface area (Å²) >= 11 is 0. The number of piperazine rings is 1. The van der Waals surface area contributed by atoms with Gasteiger partial charge in [-0.15, -0.1) is 0 Å². The number of anilines is 1. The number of carbonyl (C=O) groups excluding carboxylic acids is 3. The summed E-state index contributed by atoms with van der Waals surface area (Å²) in [7, 11) is 1.59. The monoisotopic (exact) mass is 474 g/mol. The molecular weight excluding hydrogens is 444 g/mol. The van der Waals surface area contributed by atoms with Gasteiger partial charge in [0.05, 0.1) is 7.11 Å². The molecule has 35 heavy (non-hydrogen) atoms. The Morgan fingerprint density at radius 1 is 0.886 bits per heavy atom. The van der Waals surface area contributed by atoms with Crippen molar-refractivity contribution in [1.82, 2.24) is 15.1 Å². The molecule has 4 amide bonds. The Bertz CT molecular complexity index is 1200. The van der Waals surface area contributed by atoms with Crippen LogP contribution in [0.3, 0.4) is 0 Å². The van der Waals surface area contributed by atoms with Crippen LogP contribution in [0.1, 0.15) is 12.5 Å². The van der Waals surface area contributed by atoms with Crippen molar-refractivity contribution in [3.63, 3.8) is 0 Å². The van der Waals surface area contributed by atoms with Gasteiger partial charge >= 0.3 is 6.03 Å². The molecule has 0 saturated carbocycles. The molecule has 1 fully saturated rings. The van der Waals surface area contributed by atoms with Gasteiger partial charge < -0.3 is 25.2 Å². The van der Waals surface area contributed by atoms with E-state index in [1.165, 1.54) is 6.92 Å². The van der Waals surface area contributed by atoms with Crippen molar-refractivity contribution in [3.8, 4) is 5.75 Å². The number of hydrogen-bond donors (Lipinski definition) is 2. The Morgan fingerprint density at radius 2 is 1.54 bits per heavy atom. The van der Waals surface area contributed by atoms with Gasteiger partial charge in [0.1, 0.15) is 11.8 Å². The number of ether oxygens (including phenoxy) is 1. The summed E-state index contributed by atoms with van der Waals surface area (Å²) in [6.45, 7) is 3.05. The Morgan fingerprint density at radius 3 is 2.23 bits per heavy atom. The van der Waals surface area contributed by atoms with E-state index in [1.807, 2.05) is 42.5 Å². The molecule has 182 valence electrons. The fraction of sp³-hybridized carbons (Fsp3) is 0.296. The highest BCUT2D eigenvalue weighted by molar-refractivity contribution is 5.91. The van der Waals surface area contributed by atoms with E-state index < -0.39 is 6.04 Å². The normalized spacial score (nSPS) is 14.3. The predicted octanol–water partition coefficient (Wildman–Crippen LogP) is 3.27. The third-order valence-electron chi connectivity index (χ3n) is 6.20. The van der Waals surface area contributed by atoms with Crippen LogP contribution < -0.4 is 15.4 Å². The Hall–Kier alpha value is -4.07. The first-order chi connectivity index (χ1) is 16.9. The molecule has 1 aliphatic rings. The molecule has 0 unspecified atom stereocenters. The highest BCUT2D eigenvalue weighted by Crippen LogP contribution is 2.21. The van der Waals surface area contributed by atoms with E-state index in [0.29, 0.717) is 44.0 Å². The van der Waals surface area contributed by atoms with Gasteiger partial charge in [-0.2, -0.15) is 0 Å². The molecule has 1 atom stereocenters. The number of carbonyl (C=O) groups is 3. The summed E-state index contributed by atoms with van der Waals surface area (Å²) in [6.07, 6.45) is 0.401. The standard InChI is InChI=1S/C27H30N4O4/c1-19(32)28-25(18-21-8-5-7-20-6-3-4-9-24(20)21)26(33)30-14-16-31(17-15-30)27(34)29-22-10-12-23(35-2)13-11-22/h3-13,25H,14-18H2,1-2H3,(H,28,32)(H,29,34)/t25-/m0/s1. The van der Waals surface area contributed by atoms with Crippen LogP contribution in [-0.2, 0) is 16.0 Å². The van der Waals surface area contributed by atoms with E-state index in [2.05, 4.69) is 10.6 Å². The second-order valence-corrected chi connectivity index (χ2v) is 8.57. The lowest BCUT2D eigenvalue weighted by molar-refractivity contribution is -0.137. The number of nitrogens with zero attached hydrogens (tertiary/aromatic N) is 2. The molecule has 1 saturated heterocycles. The third kappa shape index (κ3) is 5.90. The quantitative estimate of drug-likeness (QED) is 0.574. The summed E-state index contributed by atoms with van der Waals surface area (Å²) in [5.74, 6) is 0.330. The minimum atomic E-state index is -0.669. The van der Waals surface area contributed by atoms with E-state index in [-0.39, 0.29) is 17.8 Å². The van der Waals surface area contributed by atoms with Crippen molar-refractivity contribution < 1.29 is 19.1 Å². The molecule has 0 bridgehead atoms. The smallest absolute Gasteiger partial charge is 0.321 e. The van der Waals surface area contributed by atoms with Crippen LogP contribution in [0.5, 0.6) is 5.75 Å². The highest BCUT2D eigenvalue weighted by Gasteiger charge is 2.30. The van der Waals surface area contributed by atoms with Crippen LogP contribution in [0.15, 0.2) is 66.7 Å². The lowest BCUT2D eigenvalue weighted by Gasteiger charge is -2.36. The number of urea groups is 1. The van der Waals surface area contributed by atoms with Gasteiger partial charge in [-0.1, -0.05) is 42.5 Å². The lowest BCUT2D eigenvalue weighted by Crippen LogP contribution is -2.56. The fourth-order valence-electron chi connectivity index (χ4n) is 4.36. The van der Waals surface area contributed by atoms with Crippen LogP contribution in [0.4, 0.5) is 10.5 Å². The minimum Gasteiger partial charge on any atom is -0.497 e. The topological polar surface area (TPSA) is 91.0 Å². The molecule has 2 N–H and O–H groups in total. The first kappa shape index (κ1) is 24.1. The van der Waals surface area contributed by atoms with Gasteiger partial charge in [0, 0.05) is 45.2 Å². The molecule has 0 radical (unpaired) electrons. The Balaban J connectivity index is 1.39. The van der Waals surface area contributed by atoms with Crippen molar-refractivity contribution in [2.24, 2.45) is 0 Å². The molecule has 8 nitrogen and oxygen atoms in total. The van der Waals surface area contributed by atoms with Crippen LogP contribution in [0.25, 0.3) is 10.8 Å². The summed E-state index contributed by atoms with van der Waals surface area (Å²) in [6, 6.07) is 20.2. The second-order valence-electron chi connectivity index (χ2n) is 8.57. The van der Waals surface area contributed by atoms with Gasteiger partial charge in [-0.25, -0.2) is 4.79 Å². The van der Waals surface area contributed by atoms with E-state index in [1.54, 1.807) is 41.2 Å². The molecule has 3 aromatic carbocycles. The zero-order chi connectivity index (χ0) is 24.8. The number of fused-ring (bicyclic) bond motifs is 1. The Labute approximate surface area is 204 Å². The molecule has 3 aromatic rings. The highest BCUT2D eigenvalue weighted by atomic mass is 16.5. The molecule has 0 spiro atoms. The van der Waals surface area contributed by atoms with E-state index in [4.69, 9.17) is 4.74 Å². The Kier molecular flexibility index (Phi) is 7.50. The molecule has 0 aromatic heterocycles. The number of rotatable bonds is 6. The number of hydrogen-bond acceptors (Lipinski definition) is 4. The summed E-state index contributed by atoms with van der Waals surface area (Å²) in [5.41, 5.74) is 1.68. The average molecular weight is 475 g/mol. The maximum atomic E-state index is 13.4. The van der Waals surface area contributed by atoms with Crippen LogP contribution in [0.2, 0.25) is 0 Å². The first-order valence-corrected chi connectivity index (χ1v) is 11.7. The molecule has 0 aliphatic carbocycles. The second kappa shape index (κ2) is 10.9. The van der Waals surface area contributed by atoms with Crippen LogP contribution in [-0.4, -0.2) is 67.0 Å². The molecule has 1 aliphatic heterocycles. The van der Waals surface area contributed by atoms with E-state index >= 15 is 0 Å². The number of amides is 4. The van der Waals surface area contributed by atoms with Crippen LogP contribution in [0, 0.1) is 0 Å². The summed E-state index contributed by atoms with van der Waals surface area (Å²) in [4.78, 5) is 41.4. The average Bonchev–Trinajstić information content (AvgIpc) is 2.88. The van der Waals surface area contributed by atoms with Crippen molar-refractivity contribution in [3.05, 3.63) is 72.3 Å². The van der Waals surface area contributed by atoms with Crippen molar-refractivity contribution in [2.75, 3.05) is 38.6 Å². The largest absolute Gasteiger partial charge is 0.497 e. The lowest BCUT2D eigenvalue weighted by atomic mass is 9.98. The maximum Gasteiger partial charge on any atom is 0.321 e.